The molecule has 22 heavy (non-hydrogen) atoms. The zero-order valence-electron chi connectivity index (χ0n) is 11.5. The summed E-state index contributed by atoms with van der Waals surface area (Å²) in [5.41, 5.74) is 0.698. The highest BCUT2D eigenvalue weighted by Crippen LogP contribution is 2.52. The number of rotatable bonds is 2. The van der Waals surface area contributed by atoms with Crippen molar-refractivity contribution >= 4 is 34.0 Å². The molecule has 1 aliphatic heterocycles. The van der Waals surface area contributed by atoms with Crippen LogP contribution in [0.3, 0.4) is 0 Å². The SMILES string of the molecule is O=C1[C@@H]2[C@H](C(=O)N1/N=C\c1ccc(O)c(Br)c1)[C@H]1C=C[C@H]2C1. The Balaban J connectivity index is 1.59. The number of halogens is 1. The summed E-state index contributed by atoms with van der Waals surface area (Å²) in [6.45, 7) is 0. The van der Waals surface area contributed by atoms with Gasteiger partial charge in [-0.25, -0.2) is 0 Å². The van der Waals surface area contributed by atoms with Gasteiger partial charge in [0.25, 0.3) is 11.8 Å². The summed E-state index contributed by atoms with van der Waals surface area (Å²) in [4.78, 5) is 24.9. The Labute approximate surface area is 135 Å². The van der Waals surface area contributed by atoms with Gasteiger partial charge in [0.2, 0.25) is 0 Å². The standard InChI is InChI=1S/C16H13BrN2O3/c17-11-5-8(1-4-12(11)20)7-18-19-15(21)13-9-2-3-10(6-9)14(13)16(19)22/h1-5,7,9-10,13-14,20H,6H2/b18-7-/t9-,10-,13-,14+/m0/s1. The first kappa shape index (κ1) is 13.7. The van der Waals surface area contributed by atoms with Gasteiger partial charge in [-0.15, -0.1) is 0 Å². The first-order chi connectivity index (χ1) is 10.6. The maximum Gasteiger partial charge on any atom is 0.254 e. The number of hydrogen-bond acceptors (Lipinski definition) is 4. The molecule has 2 amide bonds. The Morgan fingerprint density at radius 3 is 2.41 bits per heavy atom. The largest absolute Gasteiger partial charge is 0.507 e. The van der Waals surface area contributed by atoms with E-state index in [1.54, 1.807) is 12.1 Å². The smallest absolute Gasteiger partial charge is 0.254 e. The van der Waals surface area contributed by atoms with Crippen LogP contribution < -0.4 is 0 Å². The molecule has 4 rings (SSSR count). The van der Waals surface area contributed by atoms with Crippen molar-refractivity contribution in [1.82, 2.24) is 5.01 Å². The Hall–Kier alpha value is -1.95. The van der Waals surface area contributed by atoms with Crippen LogP contribution in [0.4, 0.5) is 0 Å². The van der Waals surface area contributed by atoms with Crippen molar-refractivity contribution in [2.45, 2.75) is 6.42 Å². The number of carbonyl (C=O) groups is 2. The van der Waals surface area contributed by atoms with Crippen molar-refractivity contribution in [2.75, 3.05) is 0 Å². The normalized spacial score (nSPS) is 32.5. The summed E-state index contributed by atoms with van der Waals surface area (Å²) in [7, 11) is 0. The number of phenols is 1. The van der Waals surface area contributed by atoms with Crippen LogP contribution in [0.25, 0.3) is 0 Å². The molecule has 0 unspecified atom stereocenters. The molecule has 0 radical (unpaired) electrons. The summed E-state index contributed by atoms with van der Waals surface area (Å²) in [6, 6.07) is 4.87. The number of nitrogens with zero attached hydrogens (tertiary/aromatic N) is 2. The number of hydrazone groups is 1. The number of imide groups is 1. The average Bonchev–Trinajstić information content (AvgIpc) is 3.16. The Morgan fingerprint density at radius 1 is 1.18 bits per heavy atom. The molecule has 1 N–H and O–H groups in total. The summed E-state index contributed by atoms with van der Waals surface area (Å²) in [6.07, 6.45) is 6.49. The van der Waals surface area contributed by atoms with Crippen molar-refractivity contribution in [3.63, 3.8) is 0 Å². The van der Waals surface area contributed by atoms with E-state index in [2.05, 4.69) is 33.2 Å². The van der Waals surface area contributed by atoms with Crippen LogP contribution in [0.2, 0.25) is 0 Å². The fourth-order valence-corrected chi connectivity index (χ4v) is 4.12. The highest BCUT2D eigenvalue weighted by molar-refractivity contribution is 9.10. The van der Waals surface area contributed by atoms with Gasteiger partial charge < -0.3 is 5.11 Å². The lowest BCUT2D eigenvalue weighted by Crippen LogP contribution is -2.28. The zero-order chi connectivity index (χ0) is 15.4. The minimum absolute atomic E-state index is 0.127. The molecular formula is C16H13BrN2O3. The van der Waals surface area contributed by atoms with Crippen molar-refractivity contribution in [3.8, 4) is 5.75 Å². The van der Waals surface area contributed by atoms with Gasteiger partial charge in [-0.1, -0.05) is 12.2 Å². The van der Waals surface area contributed by atoms with Crippen molar-refractivity contribution < 1.29 is 14.7 Å². The van der Waals surface area contributed by atoms with Crippen molar-refractivity contribution in [1.29, 1.82) is 0 Å². The van der Waals surface area contributed by atoms with E-state index in [9.17, 15) is 14.7 Å². The molecule has 4 atom stereocenters. The molecule has 2 fully saturated rings. The topological polar surface area (TPSA) is 70.0 Å². The van der Waals surface area contributed by atoms with Gasteiger partial charge in [0.15, 0.2) is 0 Å². The van der Waals surface area contributed by atoms with Crippen LogP contribution in [-0.4, -0.2) is 28.1 Å². The molecule has 3 aliphatic rings. The molecule has 1 saturated carbocycles. The van der Waals surface area contributed by atoms with Gasteiger partial charge in [-0.3, -0.25) is 9.59 Å². The average molecular weight is 361 g/mol. The lowest BCUT2D eigenvalue weighted by Gasteiger charge is -2.13. The van der Waals surface area contributed by atoms with Gasteiger partial charge >= 0.3 is 0 Å². The van der Waals surface area contributed by atoms with Crippen LogP contribution >= 0.6 is 15.9 Å². The molecule has 1 heterocycles. The lowest BCUT2D eigenvalue weighted by molar-refractivity contribution is -0.140. The molecule has 0 spiro atoms. The van der Waals surface area contributed by atoms with E-state index in [1.165, 1.54) is 12.3 Å². The summed E-state index contributed by atoms with van der Waals surface area (Å²) < 4.78 is 0.537. The molecule has 2 bridgehead atoms. The zero-order valence-corrected chi connectivity index (χ0v) is 13.1. The van der Waals surface area contributed by atoms with E-state index in [0.717, 1.165) is 11.4 Å². The molecule has 0 aromatic heterocycles. The van der Waals surface area contributed by atoms with Gasteiger partial charge in [-0.2, -0.15) is 10.1 Å². The second-order valence-corrected chi connectivity index (χ2v) is 6.80. The minimum Gasteiger partial charge on any atom is -0.507 e. The first-order valence-electron chi connectivity index (χ1n) is 7.15. The monoisotopic (exact) mass is 360 g/mol. The number of hydrogen-bond donors (Lipinski definition) is 1. The first-order valence-corrected chi connectivity index (χ1v) is 7.94. The predicted molar refractivity (Wildman–Crippen MR) is 83.0 cm³/mol. The summed E-state index contributed by atoms with van der Waals surface area (Å²) in [5.74, 6) is -0.342. The van der Waals surface area contributed by atoms with E-state index in [-0.39, 0.29) is 41.2 Å². The third-order valence-corrected chi connectivity index (χ3v) is 5.38. The van der Waals surface area contributed by atoms with Crippen molar-refractivity contribution in [3.05, 3.63) is 40.4 Å². The van der Waals surface area contributed by atoms with Crippen LogP contribution in [0.1, 0.15) is 12.0 Å². The Kier molecular flexibility index (Phi) is 2.97. The molecule has 2 aliphatic carbocycles. The number of benzene rings is 1. The molecule has 5 nitrogen and oxygen atoms in total. The van der Waals surface area contributed by atoms with E-state index < -0.39 is 0 Å². The van der Waals surface area contributed by atoms with E-state index in [0.29, 0.717) is 10.0 Å². The van der Waals surface area contributed by atoms with E-state index in [4.69, 9.17) is 0 Å². The van der Waals surface area contributed by atoms with Gasteiger partial charge in [-0.05, 0) is 57.9 Å². The number of amides is 2. The fourth-order valence-electron chi connectivity index (χ4n) is 3.73. The highest BCUT2D eigenvalue weighted by atomic mass is 79.9. The maximum atomic E-state index is 12.4. The van der Waals surface area contributed by atoms with Gasteiger partial charge in [0, 0.05) is 0 Å². The number of allylic oxidation sites excluding steroid dienone is 2. The predicted octanol–water partition coefficient (Wildman–Crippen LogP) is 2.30. The van der Waals surface area contributed by atoms with Crippen LogP contribution in [0.5, 0.6) is 5.75 Å². The second kappa shape index (κ2) is 4.78. The molecule has 6 heteroatoms. The fraction of sp³-hybridized carbons (Fsp3) is 0.312. The van der Waals surface area contributed by atoms with Crippen molar-refractivity contribution in [2.24, 2.45) is 28.8 Å². The molecule has 1 aromatic rings. The Bertz CT molecular complexity index is 713. The van der Waals surface area contributed by atoms with Gasteiger partial charge in [0.1, 0.15) is 5.75 Å². The van der Waals surface area contributed by atoms with E-state index >= 15 is 0 Å². The quantitative estimate of drug-likeness (QED) is 0.499. The minimum atomic E-state index is -0.230. The molecule has 1 aromatic carbocycles. The van der Waals surface area contributed by atoms with Gasteiger partial charge in [0.05, 0.1) is 22.5 Å². The van der Waals surface area contributed by atoms with E-state index in [1.807, 2.05) is 0 Å². The maximum absolute atomic E-state index is 12.4. The number of fused-ring (bicyclic) bond motifs is 5. The third-order valence-electron chi connectivity index (χ3n) is 4.74. The van der Waals surface area contributed by atoms with Crippen LogP contribution in [0, 0.1) is 23.7 Å². The number of carbonyl (C=O) groups excluding carboxylic acids is 2. The molecule has 112 valence electrons. The second-order valence-electron chi connectivity index (χ2n) is 5.94. The lowest BCUT2D eigenvalue weighted by atomic mass is 9.85. The molecule has 1 saturated heterocycles. The Morgan fingerprint density at radius 2 is 1.82 bits per heavy atom. The van der Waals surface area contributed by atoms with Crippen LogP contribution in [0.15, 0.2) is 39.9 Å². The summed E-state index contributed by atoms with van der Waals surface area (Å²) in [5, 5.41) is 14.6. The highest BCUT2D eigenvalue weighted by Gasteiger charge is 2.59. The summed E-state index contributed by atoms with van der Waals surface area (Å²) >= 11 is 3.22. The number of aromatic hydroxyl groups is 1. The molecular weight excluding hydrogens is 348 g/mol. The van der Waals surface area contributed by atoms with Crippen LogP contribution in [-0.2, 0) is 9.59 Å². The number of phenolic OH excluding ortho intramolecular Hbond substituents is 1. The third kappa shape index (κ3) is 1.86.